The van der Waals surface area contributed by atoms with Gasteiger partial charge in [-0.05, 0) is 66.6 Å². The number of aromatic nitrogens is 4. The molecule has 2 aromatic carbocycles. The number of nitrogens with one attached hydrogen (secondary N) is 2. The zero-order chi connectivity index (χ0) is 27.6. The van der Waals surface area contributed by atoms with Crippen LogP contribution in [0.1, 0.15) is 28.4 Å². The molecule has 0 spiro atoms. The Bertz CT molecular complexity index is 1580. The third-order valence-electron chi connectivity index (χ3n) is 6.80. The highest BCUT2D eigenvalue weighted by molar-refractivity contribution is 7.89. The summed E-state index contributed by atoms with van der Waals surface area (Å²) in [5.41, 5.74) is 4.75. The Hall–Kier alpha value is -4.00. The van der Waals surface area contributed by atoms with E-state index in [1.165, 1.54) is 33.6 Å². The molecule has 1 fully saturated rings. The zero-order valence-electron chi connectivity index (χ0n) is 21.6. The van der Waals surface area contributed by atoms with Crippen LogP contribution in [0.15, 0.2) is 72.0 Å². The molecular formula is C27H29FN8O2S. The Kier molecular flexibility index (Phi) is 7.51. The van der Waals surface area contributed by atoms with Gasteiger partial charge in [-0.15, -0.1) is 5.10 Å². The van der Waals surface area contributed by atoms with Crippen molar-refractivity contribution in [2.75, 3.05) is 25.0 Å². The molecule has 1 saturated heterocycles. The van der Waals surface area contributed by atoms with Gasteiger partial charge in [0, 0.05) is 68.6 Å². The number of halogens is 1. The molecule has 39 heavy (non-hydrogen) atoms. The van der Waals surface area contributed by atoms with Crippen LogP contribution in [0.2, 0.25) is 0 Å². The van der Waals surface area contributed by atoms with E-state index < -0.39 is 10.0 Å². The fourth-order valence-electron chi connectivity index (χ4n) is 4.79. The highest BCUT2D eigenvalue weighted by Crippen LogP contribution is 2.34. The molecule has 4 aromatic rings. The van der Waals surface area contributed by atoms with E-state index in [2.05, 4.69) is 25.4 Å². The Morgan fingerprint density at radius 3 is 2.62 bits per heavy atom. The number of pyridine rings is 1. The van der Waals surface area contributed by atoms with Gasteiger partial charge >= 0.3 is 0 Å². The molecule has 1 atom stereocenters. The molecule has 0 amide bonds. The van der Waals surface area contributed by atoms with Gasteiger partial charge in [-0.25, -0.2) is 12.8 Å². The van der Waals surface area contributed by atoms with Crippen LogP contribution in [-0.2, 0) is 23.6 Å². The molecule has 12 heteroatoms. The van der Waals surface area contributed by atoms with Crippen molar-refractivity contribution in [1.82, 2.24) is 29.2 Å². The van der Waals surface area contributed by atoms with Crippen LogP contribution in [0.25, 0.3) is 0 Å². The molecule has 1 unspecified atom stereocenters. The van der Waals surface area contributed by atoms with Crippen molar-refractivity contribution in [3.05, 3.63) is 95.2 Å². The molecule has 2 N–H and O–H groups in total. The van der Waals surface area contributed by atoms with E-state index in [1.54, 1.807) is 25.4 Å². The quantitative estimate of drug-likeness (QED) is 0.323. The summed E-state index contributed by atoms with van der Waals surface area (Å²) in [5, 5.41) is 19.2. The lowest BCUT2D eigenvalue weighted by molar-refractivity contribution is 0.109. The zero-order valence-corrected chi connectivity index (χ0v) is 22.4. The van der Waals surface area contributed by atoms with Gasteiger partial charge in [0.1, 0.15) is 5.82 Å². The van der Waals surface area contributed by atoms with Gasteiger partial charge in [-0.2, -0.15) is 14.2 Å². The number of rotatable bonds is 8. The number of hydrogen-bond donors (Lipinski definition) is 2. The van der Waals surface area contributed by atoms with Crippen molar-refractivity contribution in [1.29, 1.82) is 5.41 Å². The van der Waals surface area contributed by atoms with Gasteiger partial charge < -0.3 is 10.7 Å². The summed E-state index contributed by atoms with van der Waals surface area (Å²) >= 11 is 0. The average molecular weight is 549 g/mol. The van der Waals surface area contributed by atoms with Crippen LogP contribution < -0.4 is 5.32 Å². The predicted octanol–water partition coefficient (Wildman–Crippen LogP) is 3.65. The van der Waals surface area contributed by atoms with E-state index in [0.29, 0.717) is 36.6 Å². The van der Waals surface area contributed by atoms with E-state index in [4.69, 9.17) is 5.41 Å². The Morgan fingerprint density at radius 2 is 1.95 bits per heavy atom. The minimum Gasteiger partial charge on any atom is -0.355 e. The van der Waals surface area contributed by atoms with Crippen molar-refractivity contribution in [3.8, 4) is 0 Å². The van der Waals surface area contributed by atoms with Crippen molar-refractivity contribution in [2.24, 2.45) is 7.05 Å². The Balaban J connectivity index is 1.51. The Morgan fingerprint density at radius 1 is 1.15 bits per heavy atom. The minimum atomic E-state index is -3.85. The topological polar surface area (TPSA) is 120 Å². The second kappa shape index (κ2) is 11.0. The maximum Gasteiger partial charge on any atom is 0.264 e. The van der Waals surface area contributed by atoms with E-state index in [0.717, 1.165) is 16.8 Å². The SMILES string of the molecule is Cc1cc(Nc2ccc(F)cc2)c(C=N)cc1C1CN(S(=O)(=O)c2cnn(C)n2)CCN1Cc1ccccn1. The maximum atomic E-state index is 13.4. The summed E-state index contributed by atoms with van der Waals surface area (Å²) in [7, 11) is -2.27. The number of benzene rings is 2. The number of anilines is 2. The lowest BCUT2D eigenvalue weighted by atomic mass is 9.94. The van der Waals surface area contributed by atoms with E-state index >= 15 is 0 Å². The van der Waals surface area contributed by atoms with Gasteiger partial charge in [0.15, 0.2) is 0 Å². The molecule has 1 aliphatic heterocycles. The smallest absolute Gasteiger partial charge is 0.264 e. The monoisotopic (exact) mass is 548 g/mol. The van der Waals surface area contributed by atoms with Crippen molar-refractivity contribution in [3.63, 3.8) is 0 Å². The van der Waals surface area contributed by atoms with Crippen molar-refractivity contribution >= 4 is 27.6 Å². The van der Waals surface area contributed by atoms with Crippen LogP contribution in [-0.4, -0.2) is 63.4 Å². The lowest BCUT2D eigenvalue weighted by Crippen LogP contribution is -2.50. The summed E-state index contributed by atoms with van der Waals surface area (Å²) in [6.45, 7) is 3.49. The first-order valence-electron chi connectivity index (χ1n) is 12.4. The normalized spacial score (nSPS) is 16.7. The molecule has 1 aliphatic rings. The van der Waals surface area contributed by atoms with Gasteiger partial charge in [-0.1, -0.05) is 6.07 Å². The van der Waals surface area contributed by atoms with Gasteiger partial charge in [-0.3, -0.25) is 9.88 Å². The van der Waals surface area contributed by atoms with Crippen LogP contribution in [0.3, 0.4) is 0 Å². The van der Waals surface area contributed by atoms with Crippen LogP contribution >= 0.6 is 0 Å². The molecule has 202 valence electrons. The number of hydrogen-bond acceptors (Lipinski definition) is 8. The lowest BCUT2D eigenvalue weighted by Gasteiger charge is -2.41. The number of sulfonamides is 1. The first-order chi connectivity index (χ1) is 18.7. The fraction of sp³-hybridized carbons (Fsp3) is 0.259. The molecule has 0 bridgehead atoms. The molecule has 0 saturated carbocycles. The second-order valence-corrected chi connectivity index (χ2v) is 11.3. The Labute approximate surface area is 226 Å². The van der Waals surface area contributed by atoms with Crippen LogP contribution in [0.5, 0.6) is 0 Å². The molecule has 2 aromatic heterocycles. The number of nitrogens with zero attached hydrogens (tertiary/aromatic N) is 6. The summed E-state index contributed by atoms with van der Waals surface area (Å²) in [6, 6.07) is 15.3. The summed E-state index contributed by atoms with van der Waals surface area (Å²) < 4.78 is 41.7. The number of aryl methyl sites for hydroxylation is 2. The first kappa shape index (κ1) is 26.6. The predicted molar refractivity (Wildman–Crippen MR) is 146 cm³/mol. The summed E-state index contributed by atoms with van der Waals surface area (Å²) in [4.78, 5) is 7.92. The highest BCUT2D eigenvalue weighted by atomic mass is 32.2. The molecule has 3 heterocycles. The molecule has 0 aliphatic carbocycles. The van der Waals surface area contributed by atoms with E-state index in [-0.39, 0.29) is 23.4 Å². The second-order valence-electron chi connectivity index (χ2n) is 9.41. The maximum absolute atomic E-state index is 13.4. The third kappa shape index (κ3) is 5.72. The largest absolute Gasteiger partial charge is 0.355 e. The molecule has 5 rings (SSSR count). The van der Waals surface area contributed by atoms with Crippen LogP contribution in [0.4, 0.5) is 15.8 Å². The summed E-state index contributed by atoms with van der Waals surface area (Å²) in [6.07, 6.45) is 4.27. The van der Waals surface area contributed by atoms with E-state index in [1.807, 2.05) is 37.3 Å². The van der Waals surface area contributed by atoms with Crippen LogP contribution in [0, 0.1) is 18.2 Å². The van der Waals surface area contributed by atoms with Gasteiger partial charge in [0.05, 0.1) is 11.9 Å². The molecular weight excluding hydrogens is 519 g/mol. The fourth-order valence-corrected chi connectivity index (χ4v) is 6.12. The highest BCUT2D eigenvalue weighted by Gasteiger charge is 2.37. The first-order valence-corrected chi connectivity index (χ1v) is 13.9. The summed E-state index contributed by atoms with van der Waals surface area (Å²) in [5.74, 6) is -0.328. The standard InChI is InChI=1S/C27H29FN8O2S/c1-19-13-25(32-22-8-6-21(28)7-9-22)20(15-29)14-24(19)26-18-36(39(37,38)27-16-31-34(2)33-27)12-11-35(26)17-23-5-3-4-10-30-23/h3-10,13-16,26,29,32H,11-12,17-18H2,1-2H3. The number of piperazine rings is 1. The van der Waals surface area contributed by atoms with Crippen molar-refractivity contribution < 1.29 is 12.8 Å². The molecule has 10 nitrogen and oxygen atoms in total. The van der Waals surface area contributed by atoms with Crippen molar-refractivity contribution in [2.45, 2.75) is 24.5 Å². The van der Waals surface area contributed by atoms with E-state index in [9.17, 15) is 12.8 Å². The third-order valence-corrected chi connectivity index (χ3v) is 8.53. The van der Waals surface area contributed by atoms with Gasteiger partial charge in [0.2, 0.25) is 5.03 Å². The van der Waals surface area contributed by atoms with Gasteiger partial charge in [0.25, 0.3) is 10.0 Å². The minimum absolute atomic E-state index is 0.0855. The average Bonchev–Trinajstić information content (AvgIpc) is 3.38. The molecule has 0 radical (unpaired) electrons.